The van der Waals surface area contributed by atoms with E-state index in [9.17, 15) is 19.8 Å². The van der Waals surface area contributed by atoms with Gasteiger partial charge < -0.3 is 20.3 Å². The molecule has 0 aliphatic carbocycles. The van der Waals surface area contributed by atoms with Gasteiger partial charge in [-0.25, -0.2) is 0 Å². The van der Waals surface area contributed by atoms with Crippen molar-refractivity contribution in [3.63, 3.8) is 0 Å². The van der Waals surface area contributed by atoms with Crippen LogP contribution in [0.25, 0.3) is 0 Å². The van der Waals surface area contributed by atoms with Crippen LogP contribution < -0.4 is 5.32 Å². The number of unbranched alkanes of at least 4 members (excludes halogenated alkanes) is 20. The Morgan fingerprint density at radius 3 is 1.45 bits per heavy atom. The number of aliphatic hydroxyl groups is 2. The lowest BCUT2D eigenvalue weighted by Gasteiger charge is -2.24. The highest BCUT2D eigenvalue weighted by atomic mass is 16.5. The van der Waals surface area contributed by atoms with E-state index in [1.165, 1.54) is 96.3 Å². The van der Waals surface area contributed by atoms with Crippen LogP contribution in [-0.2, 0) is 14.3 Å². The summed E-state index contributed by atoms with van der Waals surface area (Å²) in [5.41, 5.74) is 0. The number of hydrogen-bond acceptors (Lipinski definition) is 5. The third-order valence-corrected chi connectivity index (χ3v) is 9.96. The Labute approximate surface area is 339 Å². The highest BCUT2D eigenvalue weighted by Crippen LogP contribution is 2.16. The molecule has 6 heteroatoms. The smallest absolute Gasteiger partial charge is 0.306 e. The third kappa shape index (κ3) is 38.0. The Morgan fingerprint density at radius 1 is 0.545 bits per heavy atom. The van der Waals surface area contributed by atoms with Crippen LogP contribution in [0.4, 0.5) is 0 Å². The number of carbonyl (C=O) groups is 2. The second kappa shape index (κ2) is 42.4. The van der Waals surface area contributed by atoms with Crippen LogP contribution in [0.5, 0.6) is 0 Å². The number of esters is 1. The molecule has 55 heavy (non-hydrogen) atoms. The lowest BCUT2D eigenvalue weighted by atomic mass is 10.0. The molecule has 316 valence electrons. The zero-order valence-corrected chi connectivity index (χ0v) is 35.8. The van der Waals surface area contributed by atoms with Crippen molar-refractivity contribution in [3.8, 4) is 0 Å². The molecule has 3 N–H and O–H groups in total. The molecule has 0 aliphatic heterocycles. The summed E-state index contributed by atoms with van der Waals surface area (Å²) in [5, 5.41) is 23.5. The first-order valence-corrected chi connectivity index (χ1v) is 22.7. The molecular formula is C49H85NO5. The second-order valence-electron chi connectivity index (χ2n) is 15.2. The van der Waals surface area contributed by atoms with Gasteiger partial charge in [-0.2, -0.15) is 0 Å². The fourth-order valence-corrected chi connectivity index (χ4v) is 6.53. The average molecular weight is 768 g/mol. The van der Waals surface area contributed by atoms with Crippen LogP contribution in [0.15, 0.2) is 72.9 Å². The van der Waals surface area contributed by atoms with Gasteiger partial charge in [-0.3, -0.25) is 9.59 Å². The maximum atomic E-state index is 13.1. The van der Waals surface area contributed by atoms with Gasteiger partial charge in [0, 0.05) is 6.42 Å². The summed E-state index contributed by atoms with van der Waals surface area (Å²) in [7, 11) is 0. The van der Waals surface area contributed by atoms with Crippen LogP contribution in [-0.4, -0.2) is 46.9 Å². The summed E-state index contributed by atoms with van der Waals surface area (Å²) in [5.74, 6) is -0.554. The Balaban J connectivity index is 4.79. The monoisotopic (exact) mass is 768 g/mol. The van der Waals surface area contributed by atoms with Gasteiger partial charge in [0.15, 0.2) is 0 Å². The number of allylic oxidation sites excluding steroid dienone is 12. The Bertz CT molecular complexity index is 1040. The van der Waals surface area contributed by atoms with Crippen molar-refractivity contribution in [2.24, 2.45) is 0 Å². The van der Waals surface area contributed by atoms with Crippen molar-refractivity contribution in [2.75, 3.05) is 6.61 Å². The standard InChI is InChI=1S/C49H85NO5/c1-4-7-10-13-16-19-21-23-24-25-26-29-31-34-37-40-45(55-49(54)42-39-36-33-30-27-22-20-17-14-11-8-5-2)43-48(53)50-46(44-51)47(52)41-38-35-32-28-18-15-12-9-6-3/h7,10,13,16,19,21,23-26,29,31,45-47,51-52H,4-6,8-9,11-12,14-15,17-18,20,22,27-28,30,32-44H2,1-3H3,(H,50,53)/b10-7-,16-13+,21-19+,24-23-,26-25+,31-29+. The van der Waals surface area contributed by atoms with Gasteiger partial charge in [0.25, 0.3) is 0 Å². The molecule has 0 aromatic rings. The van der Waals surface area contributed by atoms with Crippen molar-refractivity contribution in [2.45, 2.75) is 219 Å². The summed E-state index contributed by atoms with van der Waals surface area (Å²) in [6.07, 6.45) is 52.5. The van der Waals surface area contributed by atoms with Crippen LogP contribution in [0, 0.1) is 0 Å². The second-order valence-corrected chi connectivity index (χ2v) is 15.2. The van der Waals surface area contributed by atoms with E-state index in [0.29, 0.717) is 19.3 Å². The molecule has 0 saturated carbocycles. The van der Waals surface area contributed by atoms with Crippen molar-refractivity contribution in [1.29, 1.82) is 0 Å². The predicted octanol–water partition coefficient (Wildman–Crippen LogP) is 13.1. The molecule has 0 radical (unpaired) electrons. The minimum Gasteiger partial charge on any atom is -0.462 e. The van der Waals surface area contributed by atoms with E-state index in [1.807, 2.05) is 60.8 Å². The van der Waals surface area contributed by atoms with Gasteiger partial charge >= 0.3 is 5.97 Å². The van der Waals surface area contributed by atoms with Crippen LogP contribution in [0.3, 0.4) is 0 Å². The quantitative estimate of drug-likeness (QED) is 0.0329. The minimum atomic E-state index is -0.806. The van der Waals surface area contributed by atoms with Crippen LogP contribution in [0.2, 0.25) is 0 Å². The summed E-state index contributed by atoms with van der Waals surface area (Å²) in [6.45, 7) is 6.27. The molecule has 0 fully saturated rings. The lowest BCUT2D eigenvalue weighted by molar-refractivity contribution is -0.151. The van der Waals surface area contributed by atoms with E-state index < -0.39 is 18.2 Å². The molecule has 0 heterocycles. The van der Waals surface area contributed by atoms with E-state index in [0.717, 1.165) is 57.8 Å². The van der Waals surface area contributed by atoms with Crippen LogP contribution >= 0.6 is 0 Å². The number of rotatable bonds is 39. The maximum absolute atomic E-state index is 13.1. The molecule has 0 aromatic carbocycles. The fraction of sp³-hybridized carbons (Fsp3) is 0.714. The third-order valence-electron chi connectivity index (χ3n) is 9.96. The molecule has 0 spiro atoms. The Kier molecular flexibility index (Phi) is 40.4. The van der Waals surface area contributed by atoms with Crippen molar-refractivity contribution in [1.82, 2.24) is 5.32 Å². The molecule has 0 aromatic heterocycles. The number of hydrogen-bond donors (Lipinski definition) is 3. The van der Waals surface area contributed by atoms with E-state index in [4.69, 9.17) is 4.74 Å². The zero-order valence-electron chi connectivity index (χ0n) is 35.8. The fourth-order valence-electron chi connectivity index (χ4n) is 6.53. The topological polar surface area (TPSA) is 95.9 Å². The number of ether oxygens (including phenoxy) is 1. The molecule has 0 bridgehead atoms. The molecule has 0 aliphatic rings. The van der Waals surface area contributed by atoms with Gasteiger partial charge in [0.1, 0.15) is 6.10 Å². The first-order valence-electron chi connectivity index (χ1n) is 22.7. The first kappa shape index (κ1) is 52.3. The number of nitrogens with one attached hydrogen (secondary N) is 1. The molecule has 1 amide bonds. The van der Waals surface area contributed by atoms with E-state index in [-0.39, 0.29) is 24.9 Å². The minimum absolute atomic E-state index is 0.0252. The highest BCUT2D eigenvalue weighted by molar-refractivity contribution is 5.77. The van der Waals surface area contributed by atoms with E-state index >= 15 is 0 Å². The van der Waals surface area contributed by atoms with Gasteiger partial charge in [-0.1, -0.05) is 222 Å². The summed E-state index contributed by atoms with van der Waals surface area (Å²) < 4.78 is 5.86. The van der Waals surface area contributed by atoms with Crippen LogP contribution in [0.1, 0.15) is 201 Å². The SMILES string of the molecule is CC\C=C/C=C/C=C/C=C\C=C\C=C\CCCC(CC(=O)NC(CO)C(O)CCCCCCCCCCC)OC(=O)CCCCCCCCCCCCCC. The van der Waals surface area contributed by atoms with Crippen molar-refractivity contribution >= 4 is 11.9 Å². The molecule has 6 nitrogen and oxygen atoms in total. The molecule has 3 unspecified atom stereocenters. The van der Waals surface area contributed by atoms with E-state index in [2.05, 4.69) is 38.2 Å². The van der Waals surface area contributed by atoms with Gasteiger partial charge in [0.05, 0.1) is 25.2 Å². The maximum Gasteiger partial charge on any atom is 0.306 e. The number of amides is 1. The molecule has 0 saturated heterocycles. The lowest BCUT2D eigenvalue weighted by Crippen LogP contribution is -2.46. The molecule has 3 atom stereocenters. The Hall–Kier alpha value is -2.70. The predicted molar refractivity (Wildman–Crippen MR) is 236 cm³/mol. The highest BCUT2D eigenvalue weighted by Gasteiger charge is 2.24. The van der Waals surface area contributed by atoms with Gasteiger partial charge in [0.2, 0.25) is 5.91 Å². The summed E-state index contributed by atoms with van der Waals surface area (Å²) in [6, 6.07) is -0.724. The molecular weight excluding hydrogens is 683 g/mol. The number of carbonyl (C=O) groups excluding carboxylic acids is 2. The normalized spacial score (nSPS) is 14.1. The average Bonchev–Trinajstić information content (AvgIpc) is 3.18. The van der Waals surface area contributed by atoms with Gasteiger partial charge in [-0.05, 0) is 38.5 Å². The summed E-state index contributed by atoms with van der Waals surface area (Å²) >= 11 is 0. The Morgan fingerprint density at radius 2 is 0.982 bits per heavy atom. The van der Waals surface area contributed by atoms with Crippen molar-refractivity contribution < 1.29 is 24.5 Å². The zero-order chi connectivity index (χ0) is 40.3. The van der Waals surface area contributed by atoms with Gasteiger partial charge in [-0.15, -0.1) is 0 Å². The van der Waals surface area contributed by atoms with Crippen molar-refractivity contribution in [3.05, 3.63) is 72.9 Å². The first-order chi connectivity index (χ1) is 27.0. The van der Waals surface area contributed by atoms with E-state index in [1.54, 1.807) is 0 Å². The summed E-state index contributed by atoms with van der Waals surface area (Å²) in [4.78, 5) is 25.9. The number of aliphatic hydroxyl groups excluding tert-OH is 2. The molecule has 0 rings (SSSR count). The largest absolute Gasteiger partial charge is 0.462 e.